The van der Waals surface area contributed by atoms with Crippen LogP contribution in [0.4, 0.5) is 0 Å². The molecule has 0 saturated carbocycles. The molecule has 0 bridgehead atoms. The maximum absolute atomic E-state index is 2.46. The van der Waals surface area contributed by atoms with Crippen LogP contribution in [-0.2, 0) is 12.8 Å². The largest absolute Gasteiger partial charge is 0.0619 e. The van der Waals surface area contributed by atoms with Crippen LogP contribution >= 0.6 is 0 Å². The third-order valence-electron chi connectivity index (χ3n) is 5.68. The van der Waals surface area contributed by atoms with Crippen LogP contribution in [0.5, 0.6) is 0 Å². The molecule has 112 valence electrons. The molecule has 0 nitrogen and oxygen atoms in total. The van der Waals surface area contributed by atoms with Crippen molar-refractivity contribution in [3.05, 3.63) is 95.1 Å². The smallest absolute Gasteiger partial charge is 0.00131 e. The summed E-state index contributed by atoms with van der Waals surface area (Å²) >= 11 is 0. The molecule has 0 aliphatic heterocycles. The maximum Gasteiger partial charge on any atom is -0.00131 e. The summed E-state index contributed by atoms with van der Waals surface area (Å²) in [5.74, 6) is 0. The summed E-state index contributed by atoms with van der Waals surface area (Å²) in [6.45, 7) is 0. The van der Waals surface area contributed by atoms with E-state index in [0.29, 0.717) is 0 Å². The Morgan fingerprint density at radius 3 is 2.29 bits per heavy atom. The molecule has 0 fully saturated rings. The second-order valence-corrected chi connectivity index (χ2v) is 7.00. The van der Waals surface area contributed by atoms with Gasteiger partial charge in [0.1, 0.15) is 0 Å². The van der Waals surface area contributed by atoms with E-state index in [-0.39, 0.29) is 0 Å². The van der Waals surface area contributed by atoms with E-state index in [1.807, 2.05) is 0 Å². The van der Waals surface area contributed by atoms with Crippen molar-refractivity contribution in [1.29, 1.82) is 0 Å². The molecule has 0 heterocycles. The first-order valence-electron chi connectivity index (χ1n) is 8.63. The Bertz CT molecular complexity index is 1150. The van der Waals surface area contributed by atoms with Crippen LogP contribution in [0.25, 0.3) is 33.0 Å². The molecule has 0 N–H and O–H groups in total. The van der Waals surface area contributed by atoms with Crippen molar-refractivity contribution in [1.82, 2.24) is 0 Å². The van der Waals surface area contributed by atoms with Crippen LogP contribution in [0, 0.1) is 0 Å². The van der Waals surface area contributed by atoms with Crippen molar-refractivity contribution in [2.45, 2.75) is 12.8 Å². The lowest BCUT2D eigenvalue weighted by atomic mass is 9.95. The molecule has 4 aromatic rings. The van der Waals surface area contributed by atoms with Gasteiger partial charge in [-0.1, -0.05) is 66.7 Å². The van der Waals surface area contributed by atoms with Gasteiger partial charge >= 0.3 is 0 Å². The van der Waals surface area contributed by atoms with Crippen LogP contribution in [-0.4, -0.2) is 0 Å². The standard InChI is InChI=1S/C24H16/c1-4-8-21-15(5-1)9-10-17-12-19-13-18-11-16-6-2-3-7-20(16)22(18)14-23(19)24(17)21/h1-10,13-14H,11-12H2. The fraction of sp³-hybridized carbons (Fsp3) is 0.0833. The van der Waals surface area contributed by atoms with Gasteiger partial charge in [-0.15, -0.1) is 0 Å². The Labute approximate surface area is 141 Å². The van der Waals surface area contributed by atoms with E-state index in [1.165, 1.54) is 55.3 Å². The molecule has 0 aromatic heterocycles. The monoisotopic (exact) mass is 304 g/mol. The minimum atomic E-state index is 1.07. The van der Waals surface area contributed by atoms with Gasteiger partial charge < -0.3 is 0 Å². The summed E-state index contributed by atoms with van der Waals surface area (Å²) < 4.78 is 0. The molecule has 0 unspecified atom stereocenters. The Balaban J connectivity index is 1.67. The first-order chi connectivity index (χ1) is 11.9. The highest BCUT2D eigenvalue weighted by Crippen LogP contribution is 2.46. The van der Waals surface area contributed by atoms with E-state index in [2.05, 4.69) is 72.8 Å². The molecule has 0 saturated heterocycles. The van der Waals surface area contributed by atoms with E-state index in [1.54, 1.807) is 0 Å². The predicted molar refractivity (Wildman–Crippen MR) is 100 cm³/mol. The number of hydrogen-bond acceptors (Lipinski definition) is 0. The van der Waals surface area contributed by atoms with Gasteiger partial charge in [0, 0.05) is 0 Å². The molecule has 2 aliphatic carbocycles. The molecular formula is C24H16. The SMILES string of the molecule is c1ccc2c(c1)Cc1cc3c(cc1-2)-c1c(ccc2ccccc12)C3. The van der Waals surface area contributed by atoms with Crippen LogP contribution in [0.3, 0.4) is 0 Å². The minimum Gasteiger partial charge on any atom is -0.0619 e. The molecular weight excluding hydrogens is 288 g/mol. The fourth-order valence-corrected chi connectivity index (χ4v) is 4.60. The Hall–Kier alpha value is -2.86. The molecule has 0 amide bonds. The first kappa shape index (κ1) is 12.5. The van der Waals surface area contributed by atoms with Gasteiger partial charge in [0.15, 0.2) is 0 Å². The molecule has 0 radical (unpaired) electrons. The van der Waals surface area contributed by atoms with Gasteiger partial charge in [-0.05, 0) is 74.2 Å². The summed E-state index contributed by atoms with van der Waals surface area (Å²) in [6.07, 6.45) is 2.15. The average Bonchev–Trinajstić information content (AvgIpc) is 3.17. The van der Waals surface area contributed by atoms with Gasteiger partial charge in [0.25, 0.3) is 0 Å². The van der Waals surface area contributed by atoms with Crippen molar-refractivity contribution < 1.29 is 0 Å². The Morgan fingerprint density at radius 2 is 1.29 bits per heavy atom. The highest BCUT2D eigenvalue weighted by molar-refractivity contribution is 6.02. The number of hydrogen-bond donors (Lipinski definition) is 0. The normalized spacial score (nSPS) is 13.5. The van der Waals surface area contributed by atoms with Crippen molar-refractivity contribution >= 4 is 10.8 Å². The second-order valence-electron chi connectivity index (χ2n) is 7.00. The third kappa shape index (κ3) is 1.53. The van der Waals surface area contributed by atoms with Gasteiger partial charge in [-0.25, -0.2) is 0 Å². The van der Waals surface area contributed by atoms with Gasteiger partial charge in [0.2, 0.25) is 0 Å². The van der Waals surface area contributed by atoms with E-state index >= 15 is 0 Å². The molecule has 0 spiro atoms. The predicted octanol–water partition coefficient (Wildman–Crippen LogP) is 5.98. The Morgan fingerprint density at radius 1 is 0.500 bits per heavy atom. The van der Waals surface area contributed by atoms with Gasteiger partial charge in [0.05, 0.1) is 0 Å². The van der Waals surface area contributed by atoms with E-state index in [4.69, 9.17) is 0 Å². The maximum atomic E-state index is 2.46. The zero-order valence-corrected chi connectivity index (χ0v) is 13.3. The summed E-state index contributed by atoms with van der Waals surface area (Å²) in [5.41, 5.74) is 11.7. The van der Waals surface area contributed by atoms with Crippen molar-refractivity contribution in [2.75, 3.05) is 0 Å². The van der Waals surface area contributed by atoms with E-state index < -0.39 is 0 Å². The topological polar surface area (TPSA) is 0 Å². The van der Waals surface area contributed by atoms with Crippen molar-refractivity contribution in [2.24, 2.45) is 0 Å². The van der Waals surface area contributed by atoms with Crippen molar-refractivity contribution in [3.63, 3.8) is 0 Å². The quantitative estimate of drug-likeness (QED) is 0.324. The van der Waals surface area contributed by atoms with Crippen molar-refractivity contribution in [3.8, 4) is 22.3 Å². The van der Waals surface area contributed by atoms with Gasteiger partial charge in [-0.2, -0.15) is 0 Å². The highest BCUT2D eigenvalue weighted by atomic mass is 14.3. The molecule has 6 rings (SSSR count). The first-order valence-corrected chi connectivity index (χ1v) is 8.63. The molecule has 0 heteroatoms. The third-order valence-corrected chi connectivity index (χ3v) is 5.68. The lowest BCUT2D eigenvalue weighted by Gasteiger charge is -2.09. The lowest BCUT2D eigenvalue weighted by Crippen LogP contribution is -1.86. The fourth-order valence-electron chi connectivity index (χ4n) is 4.60. The summed E-state index contributed by atoms with van der Waals surface area (Å²) in [4.78, 5) is 0. The summed E-state index contributed by atoms with van der Waals surface area (Å²) in [5, 5.41) is 2.73. The number of rotatable bonds is 0. The van der Waals surface area contributed by atoms with Gasteiger partial charge in [-0.3, -0.25) is 0 Å². The number of fused-ring (bicyclic) bond motifs is 8. The van der Waals surface area contributed by atoms with Crippen LogP contribution in [0.1, 0.15) is 22.3 Å². The summed E-state index contributed by atoms with van der Waals surface area (Å²) in [6, 6.07) is 27.1. The highest BCUT2D eigenvalue weighted by Gasteiger charge is 2.26. The lowest BCUT2D eigenvalue weighted by molar-refractivity contribution is 1.21. The second kappa shape index (κ2) is 4.36. The molecule has 0 atom stereocenters. The van der Waals surface area contributed by atoms with Crippen LogP contribution < -0.4 is 0 Å². The average molecular weight is 304 g/mol. The number of benzene rings is 4. The zero-order valence-electron chi connectivity index (χ0n) is 13.3. The van der Waals surface area contributed by atoms with Crippen LogP contribution in [0.2, 0.25) is 0 Å². The van der Waals surface area contributed by atoms with E-state index in [9.17, 15) is 0 Å². The minimum absolute atomic E-state index is 1.07. The molecule has 4 aromatic carbocycles. The molecule has 2 aliphatic rings. The van der Waals surface area contributed by atoms with Crippen LogP contribution in [0.15, 0.2) is 72.8 Å². The van der Waals surface area contributed by atoms with E-state index in [0.717, 1.165) is 12.8 Å². The Kier molecular flexibility index (Phi) is 2.28. The summed E-state index contributed by atoms with van der Waals surface area (Å²) in [7, 11) is 0. The zero-order chi connectivity index (χ0) is 15.7. The molecule has 24 heavy (non-hydrogen) atoms.